The highest BCUT2D eigenvalue weighted by atomic mass is 16.6. The van der Waals surface area contributed by atoms with Crippen LogP contribution in [0, 0.1) is 10.1 Å². The lowest BCUT2D eigenvalue weighted by Gasteiger charge is -2.18. The van der Waals surface area contributed by atoms with Gasteiger partial charge in [-0.05, 0) is 11.6 Å². The molecule has 2 rings (SSSR count). The summed E-state index contributed by atoms with van der Waals surface area (Å²) in [5, 5.41) is 13.3. The third kappa shape index (κ3) is 2.32. The normalized spacial score (nSPS) is 13.0. The van der Waals surface area contributed by atoms with Crippen LogP contribution in [0.15, 0.2) is 24.4 Å². The van der Waals surface area contributed by atoms with Gasteiger partial charge in [-0.2, -0.15) is 0 Å². The highest BCUT2D eigenvalue weighted by Gasteiger charge is 2.30. The van der Waals surface area contributed by atoms with Crippen LogP contribution in [-0.4, -0.2) is 10.8 Å². The van der Waals surface area contributed by atoms with E-state index in [1.54, 1.807) is 6.07 Å². The Morgan fingerprint density at radius 3 is 2.61 bits per heavy atom. The number of amides is 1. The van der Waals surface area contributed by atoms with Crippen LogP contribution in [-0.2, 0) is 6.42 Å². The van der Waals surface area contributed by atoms with Crippen molar-refractivity contribution < 1.29 is 9.72 Å². The van der Waals surface area contributed by atoms with Crippen molar-refractivity contribution in [2.75, 3.05) is 5.73 Å². The maximum absolute atomic E-state index is 11.6. The number of carbonyl (C=O) groups excluding carboxylic acids is 1. The second-order valence-electron chi connectivity index (χ2n) is 3.53. The number of nitro groups is 1. The molecule has 0 atom stereocenters. The summed E-state index contributed by atoms with van der Waals surface area (Å²) in [6, 6.07) is 3.05. The summed E-state index contributed by atoms with van der Waals surface area (Å²) in [6.07, 6.45) is 0.391. The molecule has 0 aliphatic carbocycles. The molecule has 0 aromatic heterocycles. The summed E-state index contributed by atoms with van der Waals surface area (Å²) in [5.74, 6) is -0.523. The second-order valence-corrected chi connectivity index (χ2v) is 3.53. The van der Waals surface area contributed by atoms with E-state index in [1.807, 2.05) is 13.8 Å². The molecule has 18 heavy (non-hydrogen) atoms. The molecule has 1 amide bonds. The molecule has 0 spiro atoms. The van der Waals surface area contributed by atoms with Gasteiger partial charge in [0.05, 0.1) is 4.92 Å². The zero-order valence-corrected chi connectivity index (χ0v) is 10.3. The number of carbonyl (C=O) groups is 1. The molecule has 1 heterocycles. The Kier molecular flexibility index (Phi) is 4.04. The van der Waals surface area contributed by atoms with Crippen molar-refractivity contribution in [1.29, 1.82) is 0 Å². The van der Waals surface area contributed by atoms with Gasteiger partial charge in [-0.25, -0.2) is 0 Å². The first kappa shape index (κ1) is 13.7. The number of allylic oxidation sites excluding steroid dienone is 1. The molecule has 0 radical (unpaired) electrons. The van der Waals surface area contributed by atoms with Crippen molar-refractivity contribution in [3.63, 3.8) is 0 Å². The van der Waals surface area contributed by atoms with E-state index in [-0.39, 0.29) is 16.9 Å². The third-order valence-corrected chi connectivity index (χ3v) is 2.40. The summed E-state index contributed by atoms with van der Waals surface area (Å²) in [6.45, 7) is 7.63. The Hall–Kier alpha value is -2.37. The maximum Gasteiger partial charge on any atom is 0.305 e. The molecule has 0 saturated heterocycles. The summed E-state index contributed by atoms with van der Waals surface area (Å²) >= 11 is 0. The van der Waals surface area contributed by atoms with Gasteiger partial charge in [0.25, 0.3) is 5.91 Å². The molecular weight excluding hydrogens is 234 g/mol. The first-order valence-electron chi connectivity index (χ1n) is 5.55. The number of rotatable bonds is 1. The fourth-order valence-corrected chi connectivity index (χ4v) is 1.74. The smallest absolute Gasteiger partial charge is 0.305 e. The largest absolute Gasteiger partial charge is 0.393 e. The van der Waals surface area contributed by atoms with Crippen molar-refractivity contribution in [1.82, 2.24) is 5.32 Å². The van der Waals surface area contributed by atoms with Crippen LogP contribution < -0.4 is 11.1 Å². The van der Waals surface area contributed by atoms with E-state index < -0.39 is 10.8 Å². The van der Waals surface area contributed by atoms with E-state index in [9.17, 15) is 14.9 Å². The van der Waals surface area contributed by atoms with Gasteiger partial charge in [0.15, 0.2) is 0 Å². The zero-order valence-electron chi connectivity index (χ0n) is 10.3. The molecule has 6 heteroatoms. The number of hydrogen-bond donors (Lipinski definition) is 2. The SMILES string of the molecule is C=C1Cc2ccc(N)c([N+](=O)[O-])c2C(=O)N1.CC. The minimum atomic E-state index is -0.637. The second kappa shape index (κ2) is 5.31. The molecule has 0 unspecified atom stereocenters. The Balaban J connectivity index is 0.000000771. The summed E-state index contributed by atoms with van der Waals surface area (Å²) in [7, 11) is 0. The highest BCUT2D eigenvalue weighted by molar-refractivity contribution is 6.03. The minimum Gasteiger partial charge on any atom is -0.393 e. The van der Waals surface area contributed by atoms with Gasteiger partial charge in [-0.15, -0.1) is 0 Å². The van der Waals surface area contributed by atoms with Crippen LogP contribution >= 0.6 is 0 Å². The number of nitro benzene ring substituents is 1. The molecule has 0 bridgehead atoms. The van der Waals surface area contributed by atoms with E-state index >= 15 is 0 Å². The van der Waals surface area contributed by atoms with Crippen molar-refractivity contribution in [2.24, 2.45) is 0 Å². The van der Waals surface area contributed by atoms with Crippen LogP contribution in [0.4, 0.5) is 11.4 Å². The summed E-state index contributed by atoms with van der Waals surface area (Å²) < 4.78 is 0. The number of anilines is 1. The Bertz CT molecular complexity index is 524. The number of nitrogens with two attached hydrogens (primary N) is 1. The summed E-state index contributed by atoms with van der Waals surface area (Å²) in [5.41, 5.74) is 6.30. The lowest BCUT2D eigenvalue weighted by atomic mass is 9.96. The molecule has 1 aromatic carbocycles. The predicted octanol–water partition coefficient (Wildman–Crippen LogP) is 2.00. The number of benzene rings is 1. The molecular formula is C12H15N3O3. The molecule has 96 valence electrons. The Morgan fingerprint density at radius 1 is 1.44 bits per heavy atom. The Labute approximate surface area is 105 Å². The van der Waals surface area contributed by atoms with Gasteiger partial charge in [-0.3, -0.25) is 14.9 Å². The predicted molar refractivity (Wildman–Crippen MR) is 69.2 cm³/mol. The van der Waals surface area contributed by atoms with Crippen LogP contribution in [0.3, 0.4) is 0 Å². The number of hydrogen-bond acceptors (Lipinski definition) is 4. The van der Waals surface area contributed by atoms with E-state index in [1.165, 1.54) is 6.07 Å². The van der Waals surface area contributed by atoms with Gasteiger partial charge >= 0.3 is 5.69 Å². The van der Waals surface area contributed by atoms with E-state index in [0.717, 1.165) is 0 Å². The summed E-state index contributed by atoms with van der Waals surface area (Å²) in [4.78, 5) is 21.8. The highest BCUT2D eigenvalue weighted by Crippen LogP contribution is 2.32. The van der Waals surface area contributed by atoms with Gasteiger partial charge in [0.1, 0.15) is 11.3 Å². The van der Waals surface area contributed by atoms with E-state index in [0.29, 0.717) is 17.7 Å². The van der Waals surface area contributed by atoms with Crippen LogP contribution in [0.2, 0.25) is 0 Å². The molecule has 1 aliphatic rings. The molecule has 6 nitrogen and oxygen atoms in total. The van der Waals surface area contributed by atoms with Crippen molar-refractivity contribution in [3.05, 3.63) is 45.6 Å². The van der Waals surface area contributed by atoms with E-state index in [4.69, 9.17) is 5.73 Å². The maximum atomic E-state index is 11.6. The van der Waals surface area contributed by atoms with Crippen molar-refractivity contribution in [2.45, 2.75) is 20.3 Å². The quantitative estimate of drug-likeness (QED) is 0.451. The van der Waals surface area contributed by atoms with Gasteiger partial charge < -0.3 is 11.1 Å². The van der Waals surface area contributed by atoms with Crippen molar-refractivity contribution >= 4 is 17.3 Å². The van der Waals surface area contributed by atoms with Crippen LogP contribution in [0.1, 0.15) is 29.8 Å². The van der Waals surface area contributed by atoms with E-state index in [2.05, 4.69) is 11.9 Å². The average molecular weight is 249 g/mol. The first-order chi connectivity index (χ1) is 8.50. The average Bonchev–Trinajstić information content (AvgIpc) is 2.32. The molecule has 1 aliphatic heterocycles. The number of nitrogen functional groups attached to an aromatic ring is 1. The molecule has 0 saturated carbocycles. The third-order valence-electron chi connectivity index (χ3n) is 2.40. The number of nitrogens with zero attached hydrogens (tertiary/aromatic N) is 1. The molecule has 3 N–H and O–H groups in total. The standard InChI is InChI=1S/C10H9N3O3.C2H6/c1-5-4-6-2-3-7(11)9(13(15)16)8(6)10(14)12-5;1-2/h2-3H,1,4,11H2,(H,12,14);1-2H3. The monoisotopic (exact) mass is 249 g/mol. The Morgan fingerprint density at radius 2 is 2.06 bits per heavy atom. The molecule has 0 fully saturated rings. The van der Waals surface area contributed by atoms with Crippen LogP contribution in [0.25, 0.3) is 0 Å². The lowest BCUT2D eigenvalue weighted by Crippen LogP contribution is -2.30. The zero-order chi connectivity index (χ0) is 13.9. The lowest BCUT2D eigenvalue weighted by molar-refractivity contribution is -0.384. The molecule has 1 aromatic rings. The van der Waals surface area contributed by atoms with Gasteiger partial charge in [0.2, 0.25) is 0 Å². The number of nitrogens with one attached hydrogen (secondary N) is 1. The number of fused-ring (bicyclic) bond motifs is 1. The van der Waals surface area contributed by atoms with Gasteiger partial charge in [-0.1, -0.05) is 26.5 Å². The minimum absolute atomic E-state index is 0.00795. The van der Waals surface area contributed by atoms with Gasteiger partial charge in [0, 0.05) is 12.1 Å². The van der Waals surface area contributed by atoms with Crippen molar-refractivity contribution in [3.8, 4) is 0 Å². The first-order valence-corrected chi connectivity index (χ1v) is 5.55. The van der Waals surface area contributed by atoms with Crippen LogP contribution in [0.5, 0.6) is 0 Å². The fourth-order valence-electron chi connectivity index (χ4n) is 1.74. The topological polar surface area (TPSA) is 98.3 Å². The fraction of sp³-hybridized carbons (Fsp3) is 0.250.